The first-order valence-corrected chi connectivity index (χ1v) is 5.34. The normalized spacial score (nSPS) is 10.9. The molecule has 0 fully saturated rings. The zero-order chi connectivity index (χ0) is 10.7. The molecule has 0 aliphatic heterocycles. The van der Waals surface area contributed by atoms with Crippen LogP contribution < -0.4 is 5.32 Å². The lowest BCUT2D eigenvalue weighted by atomic mass is 10.2. The van der Waals surface area contributed by atoms with E-state index in [-0.39, 0.29) is 0 Å². The van der Waals surface area contributed by atoms with Crippen LogP contribution in [0.4, 0.5) is 5.69 Å². The molecule has 78 valence electrons. The summed E-state index contributed by atoms with van der Waals surface area (Å²) >= 11 is 0. The molecule has 1 heterocycles. The summed E-state index contributed by atoms with van der Waals surface area (Å²) in [5.74, 6) is 0.650. The second kappa shape index (κ2) is 4.30. The van der Waals surface area contributed by atoms with Crippen LogP contribution in [-0.2, 0) is 0 Å². The van der Waals surface area contributed by atoms with Crippen LogP contribution in [-0.4, -0.2) is 11.5 Å². The summed E-state index contributed by atoms with van der Waals surface area (Å²) < 4.78 is 0. The lowest BCUT2D eigenvalue weighted by Gasteiger charge is -2.08. The first-order valence-electron chi connectivity index (χ1n) is 5.34. The first-order chi connectivity index (χ1) is 7.25. The first kappa shape index (κ1) is 9.97. The maximum absolute atomic E-state index is 4.40. The largest absolute Gasteiger partial charge is 0.384 e. The van der Waals surface area contributed by atoms with Crippen LogP contribution in [0.1, 0.15) is 13.8 Å². The van der Waals surface area contributed by atoms with E-state index in [1.54, 1.807) is 0 Å². The van der Waals surface area contributed by atoms with Gasteiger partial charge in [0.1, 0.15) is 0 Å². The van der Waals surface area contributed by atoms with E-state index in [1.165, 1.54) is 5.39 Å². The van der Waals surface area contributed by atoms with Gasteiger partial charge < -0.3 is 5.32 Å². The summed E-state index contributed by atoms with van der Waals surface area (Å²) in [5.41, 5.74) is 2.15. The third-order valence-electron chi connectivity index (χ3n) is 2.30. The Hall–Kier alpha value is -1.57. The van der Waals surface area contributed by atoms with E-state index in [0.29, 0.717) is 5.92 Å². The van der Waals surface area contributed by atoms with E-state index in [4.69, 9.17) is 0 Å². The number of nitrogens with zero attached hydrogens (tertiary/aromatic N) is 1. The minimum absolute atomic E-state index is 0.650. The van der Waals surface area contributed by atoms with E-state index < -0.39 is 0 Å². The van der Waals surface area contributed by atoms with Gasteiger partial charge in [-0.15, -0.1) is 0 Å². The molecule has 0 amide bonds. The number of rotatable bonds is 3. The molecule has 1 aromatic carbocycles. The minimum atomic E-state index is 0.650. The van der Waals surface area contributed by atoms with E-state index in [9.17, 15) is 0 Å². The predicted molar refractivity (Wildman–Crippen MR) is 65.1 cm³/mol. The maximum atomic E-state index is 4.40. The Bertz CT molecular complexity index is 449. The molecule has 15 heavy (non-hydrogen) atoms. The summed E-state index contributed by atoms with van der Waals surface area (Å²) in [6, 6.07) is 10.3. The van der Waals surface area contributed by atoms with Crippen LogP contribution in [0.2, 0.25) is 0 Å². The van der Waals surface area contributed by atoms with Gasteiger partial charge in [0.25, 0.3) is 0 Å². The Balaban J connectivity index is 2.23. The molecule has 1 N–H and O–H groups in total. The molecule has 2 nitrogen and oxygen atoms in total. The molecule has 0 spiro atoms. The van der Waals surface area contributed by atoms with Gasteiger partial charge in [-0.1, -0.05) is 32.0 Å². The summed E-state index contributed by atoms with van der Waals surface area (Å²) in [5, 5.41) is 4.56. The van der Waals surface area contributed by atoms with Gasteiger partial charge in [0.15, 0.2) is 0 Å². The molecule has 0 radical (unpaired) electrons. The second-order valence-corrected chi connectivity index (χ2v) is 4.19. The fourth-order valence-electron chi connectivity index (χ4n) is 1.49. The Morgan fingerprint density at radius 3 is 2.87 bits per heavy atom. The molecule has 0 saturated carbocycles. The highest BCUT2D eigenvalue weighted by Gasteiger charge is 1.97. The van der Waals surface area contributed by atoms with Gasteiger partial charge in [-0.05, 0) is 18.1 Å². The van der Waals surface area contributed by atoms with Crippen molar-refractivity contribution in [2.45, 2.75) is 13.8 Å². The fourth-order valence-corrected chi connectivity index (χ4v) is 1.49. The number of para-hydroxylation sites is 1. The summed E-state index contributed by atoms with van der Waals surface area (Å²) in [4.78, 5) is 4.40. The van der Waals surface area contributed by atoms with Gasteiger partial charge in [-0.25, -0.2) is 0 Å². The van der Waals surface area contributed by atoms with Crippen LogP contribution in [0, 0.1) is 5.92 Å². The highest BCUT2D eigenvalue weighted by Crippen LogP contribution is 2.16. The summed E-state index contributed by atoms with van der Waals surface area (Å²) in [6.45, 7) is 5.38. The third kappa shape index (κ3) is 2.46. The predicted octanol–water partition coefficient (Wildman–Crippen LogP) is 3.30. The van der Waals surface area contributed by atoms with Crippen molar-refractivity contribution in [3.63, 3.8) is 0 Å². The standard InChI is InChI=1S/C13H16N2/c1-10(2)8-14-12-7-11-5-3-4-6-13(11)15-9-12/h3-7,9-10,14H,8H2,1-2H3. The maximum Gasteiger partial charge on any atom is 0.0703 e. The van der Waals surface area contributed by atoms with Gasteiger partial charge >= 0.3 is 0 Å². The molecule has 0 aliphatic rings. The average Bonchev–Trinajstić information content (AvgIpc) is 2.26. The molecule has 0 bridgehead atoms. The number of benzene rings is 1. The van der Waals surface area contributed by atoms with E-state index in [2.05, 4.69) is 36.3 Å². The molecular formula is C13H16N2. The van der Waals surface area contributed by atoms with Crippen molar-refractivity contribution < 1.29 is 0 Å². The van der Waals surface area contributed by atoms with Crippen LogP contribution in [0.3, 0.4) is 0 Å². The van der Waals surface area contributed by atoms with Crippen molar-refractivity contribution >= 4 is 16.6 Å². The summed E-state index contributed by atoms with van der Waals surface area (Å²) in [7, 11) is 0. The smallest absolute Gasteiger partial charge is 0.0703 e. The highest BCUT2D eigenvalue weighted by molar-refractivity contribution is 5.81. The van der Waals surface area contributed by atoms with Crippen molar-refractivity contribution in [3.8, 4) is 0 Å². The van der Waals surface area contributed by atoms with Crippen LogP contribution in [0.15, 0.2) is 36.5 Å². The van der Waals surface area contributed by atoms with E-state index >= 15 is 0 Å². The lowest BCUT2D eigenvalue weighted by molar-refractivity contribution is 0.689. The molecule has 2 aromatic rings. The molecule has 0 atom stereocenters. The molecule has 1 aromatic heterocycles. The lowest BCUT2D eigenvalue weighted by Crippen LogP contribution is -2.07. The van der Waals surface area contributed by atoms with Crippen LogP contribution in [0.5, 0.6) is 0 Å². The number of pyridine rings is 1. The molecule has 0 aliphatic carbocycles. The fraction of sp³-hybridized carbons (Fsp3) is 0.308. The van der Waals surface area contributed by atoms with Crippen molar-refractivity contribution in [3.05, 3.63) is 36.5 Å². The quantitative estimate of drug-likeness (QED) is 0.822. The topological polar surface area (TPSA) is 24.9 Å². The molecule has 0 saturated heterocycles. The van der Waals surface area contributed by atoms with Crippen LogP contribution in [0.25, 0.3) is 10.9 Å². The number of hydrogen-bond acceptors (Lipinski definition) is 2. The van der Waals surface area contributed by atoms with Crippen LogP contribution >= 0.6 is 0 Å². The SMILES string of the molecule is CC(C)CNc1cnc2ccccc2c1. The van der Waals surface area contributed by atoms with Gasteiger partial charge in [0.05, 0.1) is 17.4 Å². The number of anilines is 1. The van der Waals surface area contributed by atoms with Gasteiger partial charge in [0.2, 0.25) is 0 Å². The zero-order valence-electron chi connectivity index (χ0n) is 9.20. The Morgan fingerprint density at radius 1 is 1.27 bits per heavy atom. The zero-order valence-corrected chi connectivity index (χ0v) is 9.20. The van der Waals surface area contributed by atoms with Gasteiger partial charge in [-0.3, -0.25) is 4.98 Å². The van der Waals surface area contributed by atoms with Gasteiger partial charge in [-0.2, -0.15) is 0 Å². The van der Waals surface area contributed by atoms with Crippen molar-refractivity contribution in [1.82, 2.24) is 4.98 Å². The molecule has 2 rings (SSSR count). The molecule has 2 heteroatoms. The monoisotopic (exact) mass is 200 g/mol. The number of aromatic nitrogens is 1. The van der Waals surface area contributed by atoms with E-state index in [0.717, 1.165) is 17.7 Å². The number of fused-ring (bicyclic) bond motifs is 1. The highest BCUT2D eigenvalue weighted by atomic mass is 14.9. The van der Waals surface area contributed by atoms with E-state index in [1.807, 2.05) is 24.4 Å². The average molecular weight is 200 g/mol. The Morgan fingerprint density at radius 2 is 2.07 bits per heavy atom. The minimum Gasteiger partial charge on any atom is -0.384 e. The second-order valence-electron chi connectivity index (χ2n) is 4.19. The number of hydrogen-bond donors (Lipinski definition) is 1. The Kier molecular flexibility index (Phi) is 2.86. The molecular weight excluding hydrogens is 184 g/mol. The van der Waals surface area contributed by atoms with Crippen molar-refractivity contribution in [2.75, 3.05) is 11.9 Å². The Labute approximate surface area is 90.3 Å². The van der Waals surface area contributed by atoms with Crippen molar-refractivity contribution in [2.24, 2.45) is 5.92 Å². The van der Waals surface area contributed by atoms with Gasteiger partial charge in [0, 0.05) is 11.9 Å². The third-order valence-corrected chi connectivity index (χ3v) is 2.30. The summed E-state index contributed by atoms with van der Waals surface area (Å²) in [6.07, 6.45) is 1.89. The molecule has 0 unspecified atom stereocenters. The number of nitrogens with one attached hydrogen (secondary N) is 1. The van der Waals surface area contributed by atoms with Crippen molar-refractivity contribution in [1.29, 1.82) is 0 Å².